The minimum Gasteiger partial charge on any atom is -0.389 e. The van der Waals surface area contributed by atoms with Gasteiger partial charge in [-0.05, 0) is 18.6 Å². The van der Waals surface area contributed by atoms with Crippen LogP contribution in [0.2, 0.25) is 0 Å². The van der Waals surface area contributed by atoms with Crippen molar-refractivity contribution in [1.29, 1.82) is 0 Å². The highest BCUT2D eigenvalue weighted by Crippen LogP contribution is 1.90. The lowest BCUT2D eigenvalue weighted by Crippen LogP contribution is -1.97. The summed E-state index contributed by atoms with van der Waals surface area (Å²) in [4.78, 5) is 9.70. The van der Waals surface area contributed by atoms with E-state index in [1.54, 1.807) is 6.08 Å². The molecule has 0 spiro atoms. The molecule has 1 radical (unpaired) electrons. The number of hydrogen-bond acceptors (Lipinski definition) is 2. The third-order valence-corrected chi connectivity index (χ3v) is 0.997. The number of aliphatic hydroxyl groups is 1. The van der Waals surface area contributed by atoms with E-state index in [0.29, 0.717) is 12.7 Å². The van der Waals surface area contributed by atoms with E-state index in [1.807, 2.05) is 6.92 Å². The number of rotatable bonds is 4. The number of carbonyl (C=O) groups is 1. The monoisotopic (exact) mass is 139 g/mol. The Bertz CT molecular complexity index is 136. The first-order valence-corrected chi connectivity index (χ1v) is 3.19. The van der Waals surface area contributed by atoms with Crippen LogP contribution in [0.1, 0.15) is 13.3 Å². The quantitative estimate of drug-likeness (QED) is 0.356. The van der Waals surface area contributed by atoms with Gasteiger partial charge in [0.1, 0.15) is 6.29 Å². The van der Waals surface area contributed by atoms with Gasteiger partial charge in [0.05, 0.1) is 6.10 Å². The molecule has 55 valence electrons. The van der Waals surface area contributed by atoms with E-state index in [0.717, 1.165) is 0 Å². The number of aldehydes is 1. The summed E-state index contributed by atoms with van der Waals surface area (Å²) < 4.78 is 0. The zero-order valence-corrected chi connectivity index (χ0v) is 5.95. The first-order valence-electron chi connectivity index (χ1n) is 3.19. The maximum absolute atomic E-state index is 9.70. The molecule has 0 amide bonds. The van der Waals surface area contributed by atoms with Gasteiger partial charge >= 0.3 is 0 Å². The van der Waals surface area contributed by atoms with E-state index in [9.17, 15) is 4.79 Å². The Morgan fingerprint density at radius 3 is 2.90 bits per heavy atom. The van der Waals surface area contributed by atoms with Gasteiger partial charge in [-0.2, -0.15) is 0 Å². The van der Waals surface area contributed by atoms with Crippen molar-refractivity contribution < 1.29 is 9.90 Å². The number of aliphatic hydroxyl groups excluding tert-OH is 1. The SMILES string of the molecule is CCC(O)C=C/[C]=C/C=O. The molecule has 0 aromatic rings. The Morgan fingerprint density at radius 1 is 1.70 bits per heavy atom. The largest absolute Gasteiger partial charge is 0.389 e. The molecule has 0 fully saturated rings. The lowest BCUT2D eigenvalue weighted by atomic mass is 10.2. The Labute approximate surface area is 60.9 Å². The molecule has 1 N–H and O–H groups in total. The lowest BCUT2D eigenvalue weighted by Gasteiger charge is -1.95. The summed E-state index contributed by atoms with van der Waals surface area (Å²) in [6.07, 6.45) is 7.83. The number of allylic oxidation sites excluding steroid dienone is 3. The molecule has 1 unspecified atom stereocenters. The molecule has 0 saturated heterocycles. The van der Waals surface area contributed by atoms with Crippen LogP contribution in [0.4, 0.5) is 0 Å². The van der Waals surface area contributed by atoms with Crippen LogP contribution >= 0.6 is 0 Å². The van der Waals surface area contributed by atoms with Crippen molar-refractivity contribution in [1.82, 2.24) is 0 Å². The van der Waals surface area contributed by atoms with Crippen molar-refractivity contribution in [2.75, 3.05) is 0 Å². The van der Waals surface area contributed by atoms with Gasteiger partial charge in [-0.1, -0.05) is 19.1 Å². The molecule has 0 bridgehead atoms. The van der Waals surface area contributed by atoms with Crippen LogP contribution in [-0.4, -0.2) is 17.5 Å². The summed E-state index contributed by atoms with van der Waals surface area (Å²) in [6.45, 7) is 1.87. The molecule has 0 aromatic heterocycles. The summed E-state index contributed by atoms with van der Waals surface area (Å²) in [7, 11) is 0. The molecule has 0 aliphatic heterocycles. The average Bonchev–Trinajstić information content (AvgIpc) is 1.98. The predicted molar refractivity (Wildman–Crippen MR) is 39.3 cm³/mol. The molecule has 0 saturated carbocycles. The van der Waals surface area contributed by atoms with Crippen LogP contribution < -0.4 is 0 Å². The van der Waals surface area contributed by atoms with Crippen LogP contribution in [0.5, 0.6) is 0 Å². The predicted octanol–water partition coefficient (Wildman–Crippen LogP) is 0.872. The van der Waals surface area contributed by atoms with Crippen LogP contribution in [0, 0.1) is 6.08 Å². The van der Waals surface area contributed by atoms with E-state index in [4.69, 9.17) is 5.11 Å². The highest BCUT2D eigenvalue weighted by Gasteiger charge is 1.88. The fourth-order valence-corrected chi connectivity index (χ4v) is 0.398. The zero-order chi connectivity index (χ0) is 7.82. The fourth-order valence-electron chi connectivity index (χ4n) is 0.398. The van der Waals surface area contributed by atoms with Crippen molar-refractivity contribution in [3.63, 3.8) is 0 Å². The van der Waals surface area contributed by atoms with Crippen LogP contribution in [0.15, 0.2) is 18.2 Å². The maximum Gasteiger partial charge on any atom is 0.143 e. The van der Waals surface area contributed by atoms with E-state index >= 15 is 0 Å². The van der Waals surface area contributed by atoms with E-state index in [2.05, 4.69) is 6.08 Å². The summed E-state index contributed by atoms with van der Waals surface area (Å²) in [5.74, 6) is 0. The van der Waals surface area contributed by atoms with Gasteiger partial charge in [0.25, 0.3) is 0 Å². The minimum atomic E-state index is -0.424. The lowest BCUT2D eigenvalue weighted by molar-refractivity contribution is -0.104. The van der Waals surface area contributed by atoms with E-state index in [-0.39, 0.29) is 0 Å². The topological polar surface area (TPSA) is 37.3 Å². The van der Waals surface area contributed by atoms with Gasteiger partial charge in [-0.25, -0.2) is 0 Å². The van der Waals surface area contributed by atoms with Crippen LogP contribution in [0.25, 0.3) is 0 Å². The maximum atomic E-state index is 9.70. The third kappa shape index (κ3) is 5.25. The van der Waals surface area contributed by atoms with Gasteiger partial charge in [-0.15, -0.1) is 0 Å². The number of hydrogen-bond donors (Lipinski definition) is 1. The summed E-state index contributed by atoms with van der Waals surface area (Å²) in [6, 6.07) is 0. The molecule has 0 aliphatic carbocycles. The summed E-state index contributed by atoms with van der Waals surface area (Å²) >= 11 is 0. The van der Waals surface area contributed by atoms with Crippen molar-refractivity contribution >= 4 is 6.29 Å². The van der Waals surface area contributed by atoms with E-state index in [1.165, 1.54) is 12.2 Å². The third-order valence-electron chi connectivity index (χ3n) is 0.997. The molecule has 1 atom stereocenters. The first-order chi connectivity index (χ1) is 4.81. The van der Waals surface area contributed by atoms with Crippen molar-refractivity contribution in [3.05, 3.63) is 24.3 Å². The minimum absolute atomic E-state index is 0.424. The molecule has 2 heteroatoms. The Kier molecular flexibility index (Phi) is 5.68. The molecular weight excluding hydrogens is 128 g/mol. The fraction of sp³-hybridized carbons (Fsp3) is 0.375. The molecular formula is C8H11O2. The molecule has 0 aromatic carbocycles. The second kappa shape index (κ2) is 6.23. The van der Waals surface area contributed by atoms with E-state index < -0.39 is 6.10 Å². The van der Waals surface area contributed by atoms with Crippen molar-refractivity contribution in [2.45, 2.75) is 19.4 Å². The molecule has 10 heavy (non-hydrogen) atoms. The molecule has 0 heterocycles. The highest BCUT2D eigenvalue weighted by molar-refractivity contribution is 5.64. The smallest absolute Gasteiger partial charge is 0.143 e. The second-order valence-electron chi connectivity index (χ2n) is 1.80. The molecule has 0 rings (SSSR count). The van der Waals surface area contributed by atoms with Gasteiger partial charge in [0.15, 0.2) is 0 Å². The van der Waals surface area contributed by atoms with Gasteiger partial charge in [0.2, 0.25) is 0 Å². The normalized spacial score (nSPS) is 14.6. The number of carbonyl (C=O) groups excluding carboxylic acids is 1. The highest BCUT2D eigenvalue weighted by atomic mass is 16.3. The zero-order valence-electron chi connectivity index (χ0n) is 5.95. The Hall–Kier alpha value is -0.890. The summed E-state index contributed by atoms with van der Waals surface area (Å²) in [5.41, 5.74) is 0. The van der Waals surface area contributed by atoms with Gasteiger partial charge < -0.3 is 5.11 Å². The Balaban J connectivity index is 3.54. The van der Waals surface area contributed by atoms with Gasteiger partial charge in [-0.3, -0.25) is 4.79 Å². The standard InChI is InChI=1S/C8H11O2/c1-2-8(10)6-4-3-5-7-9/h4-8,10H,2H2,1H3. The molecule has 0 aliphatic rings. The van der Waals surface area contributed by atoms with Crippen LogP contribution in [-0.2, 0) is 4.79 Å². The van der Waals surface area contributed by atoms with Crippen molar-refractivity contribution in [2.24, 2.45) is 0 Å². The van der Waals surface area contributed by atoms with Gasteiger partial charge in [0, 0.05) is 0 Å². The van der Waals surface area contributed by atoms with Crippen molar-refractivity contribution in [3.8, 4) is 0 Å². The Morgan fingerprint density at radius 2 is 2.40 bits per heavy atom. The summed E-state index contributed by atoms with van der Waals surface area (Å²) in [5, 5.41) is 8.93. The molecule has 2 nitrogen and oxygen atoms in total. The second-order valence-corrected chi connectivity index (χ2v) is 1.80. The average molecular weight is 139 g/mol. The van der Waals surface area contributed by atoms with Crippen LogP contribution in [0.3, 0.4) is 0 Å². The first kappa shape index (κ1) is 9.11.